The summed E-state index contributed by atoms with van der Waals surface area (Å²) in [6.07, 6.45) is 6.78. The minimum Gasteiger partial charge on any atom is -0.378 e. The summed E-state index contributed by atoms with van der Waals surface area (Å²) in [6.45, 7) is 4.55. The molecule has 3 atom stereocenters. The summed E-state index contributed by atoms with van der Waals surface area (Å²) in [5, 5.41) is 0. The maximum Gasteiger partial charge on any atom is 0.208 e. The van der Waals surface area contributed by atoms with Crippen molar-refractivity contribution in [3.63, 3.8) is 0 Å². The van der Waals surface area contributed by atoms with Crippen molar-refractivity contribution in [2.45, 2.75) is 63.1 Å². The maximum atomic E-state index is 12.0. The summed E-state index contributed by atoms with van der Waals surface area (Å²) in [4.78, 5) is 2.47. The third-order valence-corrected chi connectivity index (χ3v) is 8.18. The highest BCUT2D eigenvalue weighted by Gasteiger charge is 2.34. The van der Waals surface area contributed by atoms with E-state index in [1.54, 1.807) is 0 Å². The Labute approximate surface area is 199 Å². The zero-order chi connectivity index (χ0) is 23.3. The molecule has 0 radical (unpaired) electrons. The van der Waals surface area contributed by atoms with Crippen LogP contribution in [0.3, 0.4) is 0 Å². The molecule has 180 valence electrons. The molecular weight excluding hydrogens is 432 g/mol. The third kappa shape index (κ3) is 6.89. The largest absolute Gasteiger partial charge is 0.378 e. The molecule has 1 saturated carbocycles. The van der Waals surface area contributed by atoms with Gasteiger partial charge in [-0.3, -0.25) is 4.90 Å². The number of hydrogen-bond donors (Lipinski definition) is 1. The molecule has 0 bridgehead atoms. The quantitative estimate of drug-likeness (QED) is 0.606. The van der Waals surface area contributed by atoms with E-state index in [4.69, 9.17) is 4.74 Å². The SMILES string of the molecule is C[C@@H](c1ccccc1)N1CC[C@H](NS(C)(=O)=O)[C@H](CO[C@H]2CC[C@@H](c3ccccc3)CC2)C1. The predicted molar refractivity (Wildman–Crippen MR) is 134 cm³/mol. The molecule has 5 nitrogen and oxygen atoms in total. The first-order valence-corrected chi connectivity index (χ1v) is 14.2. The maximum absolute atomic E-state index is 12.0. The first kappa shape index (κ1) is 24.4. The van der Waals surface area contributed by atoms with E-state index in [1.807, 2.05) is 6.07 Å². The van der Waals surface area contributed by atoms with Crippen molar-refractivity contribution < 1.29 is 13.2 Å². The van der Waals surface area contributed by atoms with Gasteiger partial charge in [-0.05, 0) is 56.1 Å². The molecule has 2 fully saturated rings. The van der Waals surface area contributed by atoms with Crippen LogP contribution in [0.1, 0.15) is 62.1 Å². The van der Waals surface area contributed by atoms with E-state index in [9.17, 15) is 8.42 Å². The molecule has 0 aromatic heterocycles. The van der Waals surface area contributed by atoms with E-state index < -0.39 is 10.0 Å². The molecule has 2 aromatic rings. The normalized spacial score (nSPS) is 27.8. The van der Waals surface area contributed by atoms with Gasteiger partial charge in [-0.15, -0.1) is 0 Å². The van der Waals surface area contributed by atoms with Gasteiger partial charge in [0.15, 0.2) is 0 Å². The van der Waals surface area contributed by atoms with Crippen molar-refractivity contribution in [3.8, 4) is 0 Å². The number of ether oxygens (including phenoxy) is 1. The van der Waals surface area contributed by atoms with Gasteiger partial charge in [0.1, 0.15) is 0 Å². The van der Waals surface area contributed by atoms with Gasteiger partial charge in [-0.1, -0.05) is 60.7 Å². The minimum atomic E-state index is -3.25. The Morgan fingerprint density at radius 3 is 2.24 bits per heavy atom. The fraction of sp³-hybridized carbons (Fsp3) is 0.556. The summed E-state index contributed by atoms with van der Waals surface area (Å²) in [5.74, 6) is 0.772. The van der Waals surface area contributed by atoms with E-state index in [2.05, 4.69) is 71.1 Å². The van der Waals surface area contributed by atoms with Crippen LogP contribution < -0.4 is 4.72 Å². The standard InChI is InChI=1S/C27H38N2O3S/c1-21(22-9-5-3-6-10-22)29-18-17-27(28-33(2,30)31)25(19-29)20-32-26-15-13-24(14-16-26)23-11-7-4-8-12-23/h3-12,21,24-28H,13-20H2,1-2H3/t21-,24-,25-,26+,27-/m0/s1. The van der Waals surface area contributed by atoms with Gasteiger partial charge < -0.3 is 4.74 Å². The Kier molecular flexibility index (Phi) is 8.23. The third-order valence-electron chi connectivity index (χ3n) is 7.45. The second-order valence-electron chi connectivity index (χ2n) is 9.84. The molecule has 2 aromatic carbocycles. The fourth-order valence-corrected chi connectivity index (χ4v) is 6.36. The fourth-order valence-electron chi connectivity index (χ4n) is 5.50. The molecule has 6 heteroatoms. The van der Waals surface area contributed by atoms with Crippen molar-refractivity contribution in [3.05, 3.63) is 71.8 Å². The zero-order valence-electron chi connectivity index (χ0n) is 19.9. The number of rotatable bonds is 8. The number of hydrogen-bond acceptors (Lipinski definition) is 4. The van der Waals surface area contributed by atoms with Crippen LogP contribution in [0.25, 0.3) is 0 Å². The Balaban J connectivity index is 1.35. The van der Waals surface area contributed by atoms with Crippen molar-refractivity contribution >= 4 is 10.0 Å². The lowest BCUT2D eigenvalue weighted by Crippen LogP contribution is -2.52. The van der Waals surface area contributed by atoms with Crippen LogP contribution in [0.4, 0.5) is 0 Å². The summed E-state index contributed by atoms with van der Waals surface area (Å²) in [7, 11) is -3.25. The molecule has 1 N–H and O–H groups in total. The van der Waals surface area contributed by atoms with Gasteiger partial charge in [0.2, 0.25) is 10.0 Å². The Morgan fingerprint density at radius 1 is 0.970 bits per heavy atom. The Morgan fingerprint density at radius 2 is 1.61 bits per heavy atom. The number of sulfonamides is 1. The van der Waals surface area contributed by atoms with Gasteiger partial charge in [-0.25, -0.2) is 13.1 Å². The van der Waals surface area contributed by atoms with Gasteiger partial charge in [0, 0.05) is 31.1 Å². The summed E-state index contributed by atoms with van der Waals surface area (Å²) >= 11 is 0. The zero-order valence-corrected chi connectivity index (χ0v) is 20.7. The molecule has 33 heavy (non-hydrogen) atoms. The highest BCUT2D eigenvalue weighted by Crippen LogP contribution is 2.34. The molecule has 1 aliphatic carbocycles. The number of piperidine rings is 1. The van der Waals surface area contributed by atoms with E-state index in [0.29, 0.717) is 18.6 Å². The molecule has 0 spiro atoms. The molecule has 1 saturated heterocycles. The molecule has 1 heterocycles. The smallest absolute Gasteiger partial charge is 0.208 e. The second-order valence-corrected chi connectivity index (χ2v) is 11.6. The molecule has 0 unspecified atom stereocenters. The van der Waals surface area contributed by atoms with Crippen molar-refractivity contribution in [2.75, 3.05) is 26.0 Å². The predicted octanol–water partition coefficient (Wildman–Crippen LogP) is 4.73. The van der Waals surface area contributed by atoms with E-state index >= 15 is 0 Å². The van der Waals surface area contributed by atoms with E-state index in [1.165, 1.54) is 17.4 Å². The lowest BCUT2D eigenvalue weighted by molar-refractivity contribution is -0.0215. The summed E-state index contributed by atoms with van der Waals surface area (Å²) in [5.41, 5.74) is 2.73. The number of likely N-dealkylation sites (tertiary alicyclic amines) is 1. The first-order chi connectivity index (χ1) is 15.9. The average molecular weight is 471 g/mol. The highest BCUT2D eigenvalue weighted by molar-refractivity contribution is 7.88. The van der Waals surface area contributed by atoms with Crippen LogP contribution >= 0.6 is 0 Å². The van der Waals surface area contributed by atoms with E-state index in [-0.39, 0.29) is 18.1 Å². The topological polar surface area (TPSA) is 58.6 Å². The highest BCUT2D eigenvalue weighted by atomic mass is 32.2. The summed E-state index contributed by atoms with van der Waals surface area (Å²) < 4.78 is 33.3. The molecule has 2 aliphatic rings. The van der Waals surface area contributed by atoms with Gasteiger partial charge in [0.25, 0.3) is 0 Å². The van der Waals surface area contributed by atoms with Gasteiger partial charge in [0.05, 0.1) is 19.0 Å². The van der Waals surface area contributed by atoms with Crippen LogP contribution in [0, 0.1) is 5.92 Å². The van der Waals surface area contributed by atoms with Gasteiger partial charge >= 0.3 is 0 Å². The average Bonchev–Trinajstić information content (AvgIpc) is 2.83. The molecule has 4 rings (SSSR count). The number of nitrogens with zero attached hydrogens (tertiary/aromatic N) is 1. The number of benzene rings is 2. The molecular formula is C27H38N2O3S. The van der Waals surface area contributed by atoms with Crippen molar-refractivity contribution in [1.82, 2.24) is 9.62 Å². The van der Waals surface area contributed by atoms with Crippen LogP contribution in [-0.2, 0) is 14.8 Å². The van der Waals surface area contributed by atoms with Gasteiger partial charge in [-0.2, -0.15) is 0 Å². The Hall–Kier alpha value is -1.73. The minimum absolute atomic E-state index is 0.0696. The van der Waals surface area contributed by atoms with Crippen molar-refractivity contribution in [2.24, 2.45) is 5.92 Å². The lowest BCUT2D eigenvalue weighted by Gasteiger charge is -2.42. The molecule has 1 aliphatic heterocycles. The van der Waals surface area contributed by atoms with Crippen LogP contribution in [0.15, 0.2) is 60.7 Å². The lowest BCUT2D eigenvalue weighted by atomic mass is 9.82. The second kappa shape index (κ2) is 11.1. The van der Waals surface area contributed by atoms with E-state index in [0.717, 1.165) is 45.2 Å². The Bertz CT molecular complexity index is 959. The van der Waals surface area contributed by atoms with Crippen LogP contribution in [0.5, 0.6) is 0 Å². The van der Waals surface area contributed by atoms with Crippen LogP contribution in [0.2, 0.25) is 0 Å². The molecule has 0 amide bonds. The first-order valence-electron chi connectivity index (χ1n) is 12.3. The van der Waals surface area contributed by atoms with Crippen LogP contribution in [-0.4, -0.2) is 51.4 Å². The van der Waals surface area contributed by atoms with Crippen molar-refractivity contribution in [1.29, 1.82) is 0 Å². The monoisotopic (exact) mass is 470 g/mol. The number of nitrogens with one attached hydrogen (secondary N) is 1. The summed E-state index contributed by atoms with van der Waals surface area (Å²) in [6, 6.07) is 21.6.